The number of piperidine rings is 1. The zero-order valence-corrected chi connectivity index (χ0v) is 19.3. The zero-order valence-electron chi connectivity index (χ0n) is 17.8. The van der Waals surface area contributed by atoms with Gasteiger partial charge in [0.15, 0.2) is 11.5 Å². The number of hydrogen-bond acceptors (Lipinski definition) is 8. The summed E-state index contributed by atoms with van der Waals surface area (Å²) in [4.78, 5) is 34.3. The third-order valence-electron chi connectivity index (χ3n) is 5.24. The monoisotopic (exact) mass is 514 g/mol. The topological polar surface area (TPSA) is 98.4 Å². The molecule has 0 radical (unpaired) electrons. The van der Waals surface area contributed by atoms with Crippen LogP contribution in [0.15, 0.2) is 28.1 Å². The molecular weight excluding hydrogens is 497 g/mol. The van der Waals surface area contributed by atoms with Crippen molar-refractivity contribution in [2.45, 2.75) is 31.9 Å². The van der Waals surface area contributed by atoms with Crippen molar-refractivity contribution in [3.05, 3.63) is 50.7 Å². The van der Waals surface area contributed by atoms with Gasteiger partial charge in [-0.3, -0.25) is 4.79 Å². The van der Waals surface area contributed by atoms with E-state index in [4.69, 9.17) is 20.9 Å². The molecule has 0 aliphatic carbocycles. The van der Waals surface area contributed by atoms with E-state index in [1.807, 2.05) is 0 Å². The fraction of sp³-hybridized carbons (Fsp3) is 0.381. The van der Waals surface area contributed by atoms with Crippen LogP contribution in [0.5, 0.6) is 0 Å². The number of rotatable bonds is 5. The van der Waals surface area contributed by atoms with Gasteiger partial charge in [-0.2, -0.15) is 13.2 Å². The average molecular weight is 515 g/mol. The molecule has 1 amide bonds. The van der Waals surface area contributed by atoms with E-state index < -0.39 is 23.6 Å². The number of aromatic nitrogens is 3. The second-order valence-electron chi connectivity index (χ2n) is 7.50. The summed E-state index contributed by atoms with van der Waals surface area (Å²) in [5.74, 6) is -0.778. The molecule has 1 fully saturated rings. The first-order chi connectivity index (χ1) is 16.2. The Morgan fingerprint density at radius 2 is 1.94 bits per heavy atom. The number of nitrogens with zero attached hydrogens (tertiary/aromatic N) is 4. The summed E-state index contributed by atoms with van der Waals surface area (Å²) in [5, 5.41) is 5.94. The minimum absolute atomic E-state index is 0.0570. The maximum absolute atomic E-state index is 13.0. The molecule has 180 valence electrons. The Kier molecular flexibility index (Phi) is 6.89. The fourth-order valence-corrected chi connectivity index (χ4v) is 4.74. The molecule has 4 rings (SSSR count). The van der Waals surface area contributed by atoms with E-state index in [2.05, 4.69) is 15.1 Å². The summed E-state index contributed by atoms with van der Waals surface area (Å²) in [6.45, 7) is 2.59. The normalized spacial score (nSPS) is 14.9. The minimum Gasteiger partial charge on any atom is -0.461 e. The molecule has 13 heteroatoms. The van der Waals surface area contributed by atoms with E-state index in [1.165, 1.54) is 22.3 Å². The third-order valence-corrected chi connectivity index (χ3v) is 6.44. The van der Waals surface area contributed by atoms with E-state index in [9.17, 15) is 22.8 Å². The van der Waals surface area contributed by atoms with E-state index in [-0.39, 0.29) is 29.1 Å². The summed E-state index contributed by atoms with van der Waals surface area (Å²) in [6, 6.07) is 2.87. The predicted molar refractivity (Wildman–Crippen MR) is 116 cm³/mol. The number of esters is 1. The van der Waals surface area contributed by atoms with Crippen molar-refractivity contribution in [2.24, 2.45) is 0 Å². The molecule has 1 aliphatic rings. The molecule has 8 nitrogen and oxygen atoms in total. The Labute approximate surface area is 200 Å². The summed E-state index contributed by atoms with van der Waals surface area (Å²) < 4.78 is 49.2. The molecule has 0 N–H and O–H groups in total. The number of likely N-dealkylation sites (tertiary alicyclic amines) is 1. The van der Waals surface area contributed by atoms with E-state index in [1.54, 1.807) is 12.3 Å². The number of alkyl halides is 3. The van der Waals surface area contributed by atoms with Gasteiger partial charge in [0.25, 0.3) is 5.91 Å². The molecule has 3 aromatic heterocycles. The van der Waals surface area contributed by atoms with Gasteiger partial charge in [-0.05, 0) is 31.9 Å². The molecule has 4 heterocycles. The van der Waals surface area contributed by atoms with Crippen molar-refractivity contribution in [1.29, 1.82) is 0 Å². The summed E-state index contributed by atoms with van der Waals surface area (Å²) in [7, 11) is 0. The first-order valence-electron chi connectivity index (χ1n) is 10.3. The highest BCUT2D eigenvalue weighted by molar-refractivity contribution is 7.10. The number of carbonyl (C=O) groups is 2. The van der Waals surface area contributed by atoms with Crippen LogP contribution in [0, 0.1) is 0 Å². The third kappa shape index (κ3) is 5.22. The molecule has 1 saturated heterocycles. The van der Waals surface area contributed by atoms with Gasteiger partial charge in [0.05, 0.1) is 17.2 Å². The average Bonchev–Trinajstić information content (AvgIpc) is 3.48. The molecule has 0 aromatic carbocycles. The van der Waals surface area contributed by atoms with Crippen LogP contribution in [0.2, 0.25) is 5.15 Å². The van der Waals surface area contributed by atoms with Gasteiger partial charge in [-0.25, -0.2) is 14.8 Å². The van der Waals surface area contributed by atoms with E-state index >= 15 is 0 Å². The van der Waals surface area contributed by atoms with Crippen LogP contribution in [-0.2, 0) is 10.9 Å². The molecule has 1 aliphatic heterocycles. The van der Waals surface area contributed by atoms with E-state index in [0.717, 1.165) is 11.1 Å². The highest BCUT2D eigenvalue weighted by Crippen LogP contribution is 2.34. The Balaban J connectivity index is 1.40. The lowest BCUT2D eigenvalue weighted by molar-refractivity contribution is -0.137. The second-order valence-corrected chi connectivity index (χ2v) is 8.77. The highest BCUT2D eigenvalue weighted by atomic mass is 35.5. The van der Waals surface area contributed by atoms with Gasteiger partial charge < -0.3 is 14.2 Å². The Morgan fingerprint density at radius 1 is 1.21 bits per heavy atom. The quantitative estimate of drug-likeness (QED) is 0.346. The smallest absolute Gasteiger partial charge is 0.416 e. The number of pyridine rings is 1. The number of amides is 1. The Hall–Kier alpha value is -2.99. The van der Waals surface area contributed by atoms with Crippen LogP contribution in [0.3, 0.4) is 0 Å². The molecule has 3 aromatic rings. The van der Waals surface area contributed by atoms with Crippen molar-refractivity contribution in [1.82, 2.24) is 20.0 Å². The van der Waals surface area contributed by atoms with Crippen molar-refractivity contribution < 1.29 is 32.0 Å². The minimum atomic E-state index is -4.63. The predicted octanol–water partition coefficient (Wildman–Crippen LogP) is 5.06. The van der Waals surface area contributed by atoms with Crippen LogP contribution in [0.1, 0.15) is 57.2 Å². The Morgan fingerprint density at radius 3 is 2.62 bits per heavy atom. The molecule has 34 heavy (non-hydrogen) atoms. The molecule has 0 saturated carbocycles. The molecule has 0 bridgehead atoms. The van der Waals surface area contributed by atoms with Gasteiger partial charge in [-0.1, -0.05) is 16.8 Å². The summed E-state index contributed by atoms with van der Waals surface area (Å²) >= 11 is 7.12. The van der Waals surface area contributed by atoms with Gasteiger partial charge in [0.1, 0.15) is 16.5 Å². The molecule has 0 atom stereocenters. The van der Waals surface area contributed by atoms with Crippen LogP contribution >= 0.6 is 22.9 Å². The van der Waals surface area contributed by atoms with Crippen molar-refractivity contribution in [3.8, 4) is 11.5 Å². The molecule has 0 spiro atoms. The molecule has 0 unspecified atom stereocenters. The highest BCUT2D eigenvalue weighted by Gasteiger charge is 2.33. The maximum Gasteiger partial charge on any atom is 0.416 e. The fourth-order valence-electron chi connectivity index (χ4n) is 3.55. The SMILES string of the molecule is CCOC(=O)c1cc(-c2csc(C3CCN(C(=O)c4cc(C(F)(F)F)cc(Cl)n4)CC3)n2)on1. The maximum atomic E-state index is 13.0. The van der Waals surface area contributed by atoms with Gasteiger partial charge in [0, 0.05) is 30.5 Å². The van der Waals surface area contributed by atoms with Crippen molar-refractivity contribution in [3.63, 3.8) is 0 Å². The Bertz CT molecular complexity index is 1200. The van der Waals surface area contributed by atoms with Gasteiger partial charge >= 0.3 is 12.1 Å². The van der Waals surface area contributed by atoms with Crippen LogP contribution in [0.25, 0.3) is 11.5 Å². The number of thiazole rings is 1. The second kappa shape index (κ2) is 9.71. The largest absolute Gasteiger partial charge is 0.461 e. The molecular formula is C21H18ClF3N4O4S. The zero-order chi connectivity index (χ0) is 24.5. The number of hydrogen-bond donors (Lipinski definition) is 0. The van der Waals surface area contributed by atoms with Crippen LogP contribution < -0.4 is 0 Å². The van der Waals surface area contributed by atoms with Crippen LogP contribution in [-0.4, -0.2) is 51.6 Å². The van der Waals surface area contributed by atoms with Crippen molar-refractivity contribution >= 4 is 34.8 Å². The first-order valence-corrected chi connectivity index (χ1v) is 11.5. The lowest BCUT2D eigenvalue weighted by atomic mass is 9.97. The summed E-state index contributed by atoms with van der Waals surface area (Å²) in [6.07, 6.45) is -3.47. The summed E-state index contributed by atoms with van der Waals surface area (Å²) in [5.41, 5.74) is -0.761. The van der Waals surface area contributed by atoms with Gasteiger partial charge in [-0.15, -0.1) is 11.3 Å². The van der Waals surface area contributed by atoms with Gasteiger partial charge in [0.2, 0.25) is 0 Å². The first kappa shape index (κ1) is 24.1. The standard InChI is InChI=1S/C21H18ClF3N4O4S/c1-2-32-20(31)14-9-16(33-28-14)15-10-34-18(27-15)11-3-5-29(6-4-11)19(30)13-7-12(21(23,24)25)8-17(22)26-13/h7-11H,2-6H2,1H3. The lowest BCUT2D eigenvalue weighted by Crippen LogP contribution is -2.38. The van der Waals surface area contributed by atoms with E-state index in [0.29, 0.717) is 43.5 Å². The van der Waals surface area contributed by atoms with Crippen LogP contribution in [0.4, 0.5) is 13.2 Å². The lowest BCUT2D eigenvalue weighted by Gasteiger charge is -2.31. The number of halogens is 4. The number of carbonyl (C=O) groups excluding carboxylic acids is 2. The van der Waals surface area contributed by atoms with Crippen molar-refractivity contribution in [2.75, 3.05) is 19.7 Å². The number of ether oxygens (including phenoxy) is 1.